The number of esters is 1. The van der Waals surface area contributed by atoms with Crippen LogP contribution in [0.25, 0.3) is 0 Å². The molecular weight excluding hydrogens is 634 g/mol. The number of amides is 1. The molecule has 0 radical (unpaired) electrons. The van der Waals surface area contributed by atoms with Gasteiger partial charge in [-0.1, -0.05) is 74.0 Å². The van der Waals surface area contributed by atoms with Crippen molar-refractivity contribution < 1.29 is 24.2 Å². The molecule has 1 heterocycles. The lowest BCUT2D eigenvalue weighted by atomic mass is 9.32. The van der Waals surface area contributed by atoms with E-state index < -0.39 is 11.4 Å². The Balaban J connectivity index is 1.22. The SMILES string of the molecule is C=C(C)[C@@H]1CC[C@]2(CC(=O)N3CC[C@@H](CCC)C3)CC[C@]3(C)[C@H](CC[C@@H]4[C@@]5(C)CC[C@H](OC(=O)CC(C)(C)CC(=O)O)C(C)(C)[C@@H]5CC[C@]43C)[C@@H]12. The summed E-state index contributed by atoms with van der Waals surface area (Å²) >= 11 is 0. The number of rotatable bonds is 10. The summed E-state index contributed by atoms with van der Waals surface area (Å²) in [6.45, 7) is 27.4. The number of allylic oxidation sites excluding steroid dienone is 1. The minimum atomic E-state index is -0.877. The molecule has 0 bridgehead atoms. The zero-order valence-electron chi connectivity index (χ0n) is 34.0. The van der Waals surface area contributed by atoms with Gasteiger partial charge in [0.2, 0.25) is 5.91 Å². The van der Waals surface area contributed by atoms with Crippen LogP contribution in [0.4, 0.5) is 0 Å². The zero-order valence-corrected chi connectivity index (χ0v) is 34.0. The van der Waals surface area contributed by atoms with Crippen molar-refractivity contribution in [2.45, 2.75) is 171 Å². The number of fused-ring (bicyclic) bond motifs is 7. The van der Waals surface area contributed by atoms with E-state index in [1.807, 2.05) is 13.8 Å². The highest BCUT2D eigenvalue weighted by Gasteiger charge is 2.71. The molecule has 0 aromatic rings. The van der Waals surface area contributed by atoms with Crippen LogP contribution < -0.4 is 0 Å². The highest BCUT2D eigenvalue weighted by molar-refractivity contribution is 5.77. The van der Waals surface area contributed by atoms with Gasteiger partial charge >= 0.3 is 11.9 Å². The molecule has 0 spiro atoms. The van der Waals surface area contributed by atoms with Gasteiger partial charge in [-0.05, 0) is 147 Å². The molecule has 1 aliphatic heterocycles. The highest BCUT2D eigenvalue weighted by atomic mass is 16.5. The fourth-order valence-corrected chi connectivity index (χ4v) is 15.0. The van der Waals surface area contributed by atoms with Crippen LogP contribution in [0, 0.1) is 68.0 Å². The van der Waals surface area contributed by atoms with Gasteiger partial charge in [-0.3, -0.25) is 14.4 Å². The zero-order chi connectivity index (χ0) is 37.4. The van der Waals surface area contributed by atoms with Gasteiger partial charge in [-0.2, -0.15) is 0 Å². The average molecular weight is 708 g/mol. The molecular formula is C45H73NO5. The first-order valence-electron chi connectivity index (χ1n) is 21.1. The molecule has 0 aromatic heterocycles. The molecule has 0 unspecified atom stereocenters. The summed E-state index contributed by atoms with van der Waals surface area (Å²) in [4.78, 5) is 41.0. The van der Waals surface area contributed by atoms with Crippen molar-refractivity contribution in [1.82, 2.24) is 4.90 Å². The number of hydrogen-bond acceptors (Lipinski definition) is 4. The highest BCUT2D eigenvalue weighted by Crippen LogP contribution is 2.78. The summed E-state index contributed by atoms with van der Waals surface area (Å²) in [7, 11) is 0. The molecule has 1 saturated heterocycles. The van der Waals surface area contributed by atoms with Gasteiger partial charge < -0.3 is 14.7 Å². The van der Waals surface area contributed by atoms with E-state index in [2.05, 4.69) is 59.9 Å². The van der Waals surface area contributed by atoms with E-state index >= 15 is 0 Å². The number of carbonyl (C=O) groups excluding carboxylic acids is 2. The maximum Gasteiger partial charge on any atom is 0.306 e. The van der Waals surface area contributed by atoms with Crippen molar-refractivity contribution in [1.29, 1.82) is 0 Å². The summed E-state index contributed by atoms with van der Waals surface area (Å²) in [5, 5.41) is 9.35. The molecule has 6 nitrogen and oxygen atoms in total. The molecule has 1 N–H and O–H groups in total. The number of hydrogen-bond donors (Lipinski definition) is 1. The number of carboxylic acid groups (broad SMARTS) is 1. The van der Waals surface area contributed by atoms with Crippen LogP contribution in [0.3, 0.4) is 0 Å². The molecule has 6 fully saturated rings. The first kappa shape index (κ1) is 38.9. The smallest absolute Gasteiger partial charge is 0.306 e. The van der Waals surface area contributed by atoms with Crippen LogP contribution in [0.2, 0.25) is 0 Å². The molecule has 5 saturated carbocycles. The lowest BCUT2D eigenvalue weighted by molar-refractivity contribution is -0.250. The third-order valence-electron chi connectivity index (χ3n) is 17.5. The molecule has 11 atom stereocenters. The number of likely N-dealkylation sites (tertiary alicyclic amines) is 1. The maximum atomic E-state index is 14.1. The standard InChI is InChI=1S/C45H73NO5/c1-11-12-30-18-24-46(28-30)36(47)25-45-21-15-31(29(2)3)39(45)32-13-14-34-42(8)19-17-35(51-38(50)27-40(4,5)26-37(48)49)41(6,7)33(42)16-20-44(34,10)43(32,9)22-23-45/h30-35,39H,2,11-28H2,1,3-10H3,(H,48,49)/t30-,31+,32-,33+,34-,35+,39-,42+,43-,44-,45-/m1/s1. The van der Waals surface area contributed by atoms with Gasteiger partial charge in [0.1, 0.15) is 6.10 Å². The number of carbonyl (C=O) groups is 3. The van der Waals surface area contributed by atoms with Gasteiger partial charge in [0.25, 0.3) is 0 Å². The minimum absolute atomic E-state index is 0.0415. The normalized spacial score (nSPS) is 43.0. The summed E-state index contributed by atoms with van der Waals surface area (Å²) < 4.78 is 6.29. The number of nitrogens with zero attached hydrogens (tertiary/aromatic N) is 1. The Morgan fingerprint density at radius 3 is 2.25 bits per heavy atom. The number of carboxylic acids is 1. The second-order valence-corrected chi connectivity index (χ2v) is 21.3. The van der Waals surface area contributed by atoms with Crippen LogP contribution in [-0.2, 0) is 19.1 Å². The number of aliphatic carboxylic acids is 1. The van der Waals surface area contributed by atoms with Crippen LogP contribution in [0.15, 0.2) is 12.2 Å². The van der Waals surface area contributed by atoms with E-state index in [0.717, 1.165) is 38.8 Å². The molecule has 6 rings (SSSR count). The molecule has 1 amide bonds. The van der Waals surface area contributed by atoms with E-state index in [0.29, 0.717) is 41.4 Å². The quantitative estimate of drug-likeness (QED) is 0.180. The maximum absolute atomic E-state index is 14.1. The van der Waals surface area contributed by atoms with E-state index in [1.54, 1.807) is 0 Å². The second kappa shape index (κ2) is 13.5. The van der Waals surface area contributed by atoms with Crippen molar-refractivity contribution in [3.05, 3.63) is 12.2 Å². The summed E-state index contributed by atoms with van der Waals surface area (Å²) in [5.41, 5.74) is 1.30. The van der Waals surface area contributed by atoms with E-state index in [9.17, 15) is 19.5 Å². The molecule has 5 aliphatic carbocycles. The Morgan fingerprint density at radius 1 is 0.863 bits per heavy atom. The lowest BCUT2D eigenvalue weighted by Crippen LogP contribution is -2.67. The third kappa shape index (κ3) is 6.44. The lowest BCUT2D eigenvalue weighted by Gasteiger charge is -2.73. The topological polar surface area (TPSA) is 83.9 Å². The molecule has 0 aromatic carbocycles. The van der Waals surface area contributed by atoms with Gasteiger partial charge in [-0.15, -0.1) is 0 Å². The van der Waals surface area contributed by atoms with E-state index in [4.69, 9.17) is 4.74 Å². The predicted octanol–water partition coefficient (Wildman–Crippen LogP) is 10.5. The monoisotopic (exact) mass is 708 g/mol. The Bertz CT molecular complexity index is 1380. The Kier molecular flexibility index (Phi) is 10.3. The van der Waals surface area contributed by atoms with E-state index in [1.165, 1.54) is 69.8 Å². The Morgan fingerprint density at radius 2 is 1.59 bits per heavy atom. The molecule has 51 heavy (non-hydrogen) atoms. The first-order valence-corrected chi connectivity index (χ1v) is 21.1. The summed E-state index contributed by atoms with van der Waals surface area (Å²) in [5.74, 6) is 2.76. The van der Waals surface area contributed by atoms with Crippen molar-refractivity contribution in [2.75, 3.05) is 13.1 Å². The Hall–Kier alpha value is -1.85. The van der Waals surface area contributed by atoms with Gasteiger partial charge in [0.15, 0.2) is 0 Å². The molecule has 6 heteroatoms. The third-order valence-corrected chi connectivity index (χ3v) is 17.5. The summed E-state index contributed by atoms with van der Waals surface area (Å²) in [6, 6.07) is 0. The van der Waals surface area contributed by atoms with Crippen molar-refractivity contribution in [3.8, 4) is 0 Å². The van der Waals surface area contributed by atoms with Crippen LogP contribution in [0.5, 0.6) is 0 Å². The van der Waals surface area contributed by atoms with E-state index in [-0.39, 0.29) is 52.0 Å². The fraction of sp³-hybridized carbons (Fsp3) is 0.889. The van der Waals surface area contributed by atoms with Gasteiger partial charge in [-0.25, -0.2) is 0 Å². The molecule has 6 aliphatic rings. The van der Waals surface area contributed by atoms with Crippen molar-refractivity contribution >= 4 is 17.8 Å². The van der Waals surface area contributed by atoms with Crippen LogP contribution >= 0.6 is 0 Å². The Labute approximate surface area is 310 Å². The minimum Gasteiger partial charge on any atom is -0.481 e. The van der Waals surface area contributed by atoms with Crippen LogP contribution in [-0.4, -0.2) is 47.0 Å². The average Bonchev–Trinajstić information content (AvgIpc) is 3.64. The van der Waals surface area contributed by atoms with Crippen molar-refractivity contribution in [2.24, 2.45) is 68.0 Å². The largest absolute Gasteiger partial charge is 0.481 e. The number of ether oxygens (including phenoxy) is 1. The van der Waals surface area contributed by atoms with Gasteiger partial charge in [0.05, 0.1) is 12.8 Å². The van der Waals surface area contributed by atoms with Gasteiger partial charge in [0, 0.05) is 24.9 Å². The predicted molar refractivity (Wildman–Crippen MR) is 204 cm³/mol. The van der Waals surface area contributed by atoms with Crippen molar-refractivity contribution in [3.63, 3.8) is 0 Å². The van der Waals surface area contributed by atoms with Crippen LogP contribution in [0.1, 0.15) is 165 Å². The molecule has 288 valence electrons. The summed E-state index contributed by atoms with van der Waals surface area (Å²) in [6.07, 6.45) is 15.9. The second-order valence-electron chi connectivity index (χ2n) is 21.3. The first-order chi connectivity index (χ1) is 23.7. The fourth-order valence-electron chi connectivity index (χ4n) is 15.0.